The summed E-state index contributed by atoms with van der Waals surface area (Å²) in [6, 6.07) is 4.53. The first-order valence-electron chi connectivity index (χ1n) is 11.4. The number of hydrogen-bond donors (Lipinski definition) is 2. The fraction of sp³-hybridized carbons (Fsp3) is 0.636. The number of cyclic esters (lactones) is 1. The van der Waals surface area contributed by atoms with Gasteiger partial charge < -0.3 is 20.3 Å². The van der Waals surface area contributed by atoms with Crippen molar-refractivity contribution in [2.24, 2.45) is 0 Å². The zero-order valence-corrected chi connectivity index (χ0v) is 18.7. The first kappa shape index (κ1) is 22.8. The monoisotopic (exact) mass is 448 g/mol. The third kappa shape index (κ3) is 5.48. The summed E-state index contributed by atoms with van der Waals surface area (Å²) in [6.45, 7) is 11.7. The van der Waals surface area contributed by atoms with Crippen LogP contribution in [0.1, 0.15) is 6.92 Å². The summed E-state index contributed by atoms with van der Waals surface area (Å²) in [5.41, 5.74) is 1.00. The second-order valence-corrected chi connectivity index (χ2v) is 8.59. The van der Waals surface area contributed by atoms with Crippen LogP contribution in [0.2, 0.25) is 0 Å². The number of amides is 2. The van der Waals surface area contributed by atoms with Gasteiger partial charge in [-0.1, -0.05) is 0 Å². The molecule has 3 aliphatic heterocycles. The summed E-state index contributed by atoms with van der Waals surface area (Å²) < 4.78 is 20.1. The number of anilines is 2. The lowest BCUT2D eigenvalue weighted by molar-refractivity contribution is -0.119. The van der Waals surface area contributed by atoms with Gasteiger partial charge in [0.1, 0.15) is 12.4 Å². The number of nitrogens with zero attached hydrogens (tertiary/aromatic N) is 4. The normalized spacial score (nSPS) is 22.8. The van der Waals surface area contributed by atoms with Crippen LogP contribution in [0.5, 0.6) is 0 Å². The largest absolute Gasteiger partial charge is 0.447 e. The number of ether oxygens (including phenoxy) is 1. The highest BCUT2D eigenvalue weighted by Crippen LogP contribution is 2.29. The maximum absolute atomic E-state index is 15.0. The number of halogens is 1. The molecule has 10 heteroatoms. The molecule has 2 N–H and O–H groups in total. The van der Waals surface area contributed by atoms with Gasteiger partial charge in [0.15, 0.2) is 0 Å². The molecule has 0 radical (unpaired) electrons. The molecule has 3 heterocycles. The van der Waals surface area contributed by atoms with Crippen LogP contribution in [-0.4, -0.2) is 106 Å². The maximum atomic E-state index is 15.0. The highest BCUT2D eigenvalue weighted by atomic mass is 19.1. The predicted molar refractivity (Wildman–Crippen MR) is 121 cm³/mol. The van der Waals surface area contributed by atoms with E-state index in [1.807, 2.05) is 0 Å². The summed E-state index contributed by atoms with van der Waals surface area (Å²) in [7, 11) is 0. The van der Waals surface area contributed by atoms with Crippen LogP contribution in [0.3, 0.4) is 0 Å². The molecule has 1 aromatic rings. The van der Waals surface area contributed by atoms with Gasteiger partial charge in [0.2, 0.25) is 5.91 Å². The van der Waals surface area contributed by atoms with Crippen molar-refractivity contribution in [3.8, 4) is 0 Å². The van der Waals surface area contributed by atoms with E-state index in [2.05, 4.69) is 25.3 Å². The van der Waals surface area contributed by atoms with E-state index in [0.717, 1.165) is 65.4 Å². The van der Waals surface area contributed by atoms with Gasteiger partial charge in [-0.15, -0.1) is 0 Å². The summed E-state index contributed by atoms with van der Waals surface area (Å²) >= 11 is 0. The first-order chi connectivity index (χ1) is 15.5. The Morgan fingerprint density at radius 2 is 1.81 bits per heavy atom. The van der Waals surface area contributed by atoms with Crippen molar-refractivity contribution in [1.29, 1.82) is 0 Å². The average Bonchev–Trinajstić information content (AvgIpc) is 3.17. The van der Waals surface area contributed by atoms with Crippen LogP contribution >= 0.6 is 0 Å². The van der Waals surface area contributed by atoms with Crippen LogP contribution in [0.15, 0.2) is 18.2 Å². The second kappa shape index (κ2) is 10.5. The van der Waals surface area contributed by atoms with E-state index in [9.17, 15) is 9.59 Å². The van der Waals surface area contributed by atoms with Gasteiger partial charge in [-0.25, -0.2) is 9.18 Å². The minimum atomic E-state index is -0.523. The molecule has 1 unspecified atom stereocenters. The SMILES string of the molecule is CC(=O)NCC1COC(=O)N1c1ccc(N2CCN(CCN3CCNCC3)CC2)c(F)c1. The summed E-state index contributed by atoms with van der Waals surface area (Å²) in [5.74, 6) is -0.535. The van der Waals surface area contributed by atoms with Gasteiger partial charge >= 0.3 is 6.09 Å². The second-order valence-electron chi connectivity index (χ2n) is 8.59. The number of benzene rings is 1. The molecule has 0 aliphatic carbocycles. The molecular weight excluding hydrogens is 415 g/mol. The Bertz CT molecular complexity index is 811. The van der Waals surface area contributed by atoms with Crippen molar-refractivity contribution in [2.45, 2.75) is 13.0 Å². The Hall–Kier alpha value is -2.43. The fourth-order valence-electron chi connectivity index (χ4n) is 4.52. The number of carbonyl (C=O) groups is 2. The van der Waals surface area contributed by atoms with Gasteiger partial charge in [-0.3, -0.25) is 19.5 Å². The number of hydrogen-bond acceptors (Lipinski definition) is 7. The van der Waals surface area contributed by atoms with Crippen molar-refractivity contribution >= 4 is 23.4 Å². The Morgan fingerprint density at radius 3 is 2.47 bits per heavy atom. The van der Waals surface area contributed by atoms with E-state index >= 15 is 4.39 Å². The van der Waals surface area contributed by atoms with Crippen LogP contribution in [0, 0.1) is 5.82 Å². The van der Waals surface area contributed by atoms with Crippen molar-refractivity contribution < 1.29 is 18.7 Å². The van der Waals surface area contributed by atoms with Gasteiger partial charge in [-0.05, 0) is 18.2 Å². The Morgan fingerprint density at radius 1 is 1.12 bits per heavy atom. The molecule has 4 rings (SSSR count). The molecule has 32 heavy (non-hydrogen) atoms. The molecule has 0 spiro atoms. The molecule has 0 aromatic heterocycles. The fourth-order valence-corrected chi connectivity index (χ4v) is 4.52. The van der Waals surface area contributed by atoms with E-state index in [-0.39, 0.29) is 30.9 Å². The summed E-state index contributed by atoms with van der Waals surface area (Å²) in [4.78, 5) is 31.8. The highest BCUT2D eigenvalue weighted by Gasteiger charge is 2.35. The number of rotatable bonds is 7. The number of piperazine rings is 2. The zero-order chi connectivity index (χ0) is 22.5. The Labute approximate surface area is 188 Å². The standard InChI is InChI=1S/C22H33FN6O3/c1-17(30)25-15-19-16-32-22(31)29(19)18-2-3-21(20(23)14-18)28-12-10-27(11-13-28)9-8-26-6-4-24-5-7-26/h2-3,14,19,24H,4-13,15-16H2,1H3,(H,25,30). The minimum Gasteiger partial charge on any atom is -0.447 e. The van der Waals surface area contributed by atoms with Crippen molar-refractivity contribution in [2.75, 3.05) is 88.4 Å². The highest BCUT2D eigenvalue weighted by molar-refractivity contribution is 5.90. The van der Waals surface area contributed by atoms with Crippen LogP contribution < -0.4 is 20.4 Å². The zero-order valence-electron chi connectivity index (χ0n) is 18.7. The first-order valence-corrected chi connectivity index (χ1v) is 11.4. The van der Waals surface area contributed by atoms with E-state index in [0.29, 0.717) is 11.4 Å². The summed E-state index contributed by atoms with van der Waals surface area (Å²) in [6.07, 6.45) is -0.523. The van der Waals surface area contributed by atoms with Gasteiger partial charge in [0.25, 0.3) is 0 Å². The van der Waals surface area contributed by atoms with Crippen LogP contribution in [0.25, 0.3) is 0 Å². The lowest BCUT2D eigenvalue weighted by atomic mass is 10.2. The van der Waals surface area contributed by atoms with Crippen LogP contribution in [-0.2, 0) is 9.53 Å². The predicted octanol–water partition coefficient (Wildman–Crippen LogP) is 0.314. The molecule has 9 nitrogen and oxygen atoms in total. The lowest BCUT2D eigenvalue weighted by Crippen LogP contribution is -2.50. The van der Waals surface area contributed by atoms with Gasteiger partial charge in [-0.2, -0.15) is 0 Å². The third-order valence-electron chi connectivity index (χ3n) is 6.41. The molecule has 176 valence electrons. The van der Waals surface area contributed by atoms with E-state index < -0.39 is 6.09 Å². The van der Waals surface area contributed by atoms with Crippen LogP contribution in [0.4, 0.5) is 20.6 Å². The topological polar surface area (TPSA) is 80.4 Å². The van der Waals surface area contributed by atoms with Crippen molar-refractivity contribution in [3.05, 3.63) is 24.0 Å². The summed E-state index contributed by atoms with van der Waals surface area (Å²) in [5, 5.41) is 6.07. The third-order valence-corrected chi connectivity index (χ3v) is 6.41. The molecular formula is C22H33FN6O3. The van der Waals surface area contributed by atoms with Gasteiger partial charge in [0, 0.05) is 78.9 Å². The van der Waals surface area contributed by atoms with E-state index in [1.54, 1.807) is 12.1 Å². The van der Waals surface area contributed by atoms with E-state index in [1.165, 1.54) is 17.9 Å². The maximum Gasteiger partial charge on any atom is 0.414 e. The number of nitrogens with one attached hydrogen (secondary N) is 2. The van der Waals surface area contributed by atoms with Gasteiger partial charge in [0.05, 0.1) is 17.4 Å². The molecule has 1 aromatic carbocycles. The van der Waals surface area contributed by atoms with E-state index in [4.69, 9.17) is 4.74 Å². The smallest absolute Gasteiger partial charge is 0.414 e. The molecule has 3 saturated heterocycles. The van der Waals surface area contributed by atoms with Crippen molar-refractivity contribution in [1.82, 2.24) is 20.4 Å². The molecule has 3 aliphatic rings. The quantitative estimate of drug-likeness (QED) is 0.622. The Balaban J connectivity index is 1.32. The minimum absolute atomic E-state index is 0.165. The molecule has 0 bridgehead atoms. The molecule has 0 saturated carbocycles. The number of carbonyl (C=O) groups excluding carboxylic acids is 2. The average molecular weight is 449 g/mol. The Kier molecular flexibility index (Phi) is 7.44. The molecule has 2 amide bonds. The lowest BCUT2D eigenvalue weighted by Gasteiger charge is -2.37. The molecule has 1 atom stereocenters. The molecule has 3 fully saturated rings. The van der Waals surface area contributed by atoms with Crippen molar-refractivity contribution in [3.63, 3.8) is 0 Å².